The van der Waals surface area contributed by atoms with Gasteiger partial charge in [-0.2, -0.15) is 0 Å². The molecule has 0 saturated heterocycles. The van der Waals surface area contributed by atoms with Crippen LogP contribution in [0.5, 0.6) is 0 Å². The molecule has 0 saturated carbocycles. The third-order valence-corrected chi connectivity index (χ3v) is 9.71. The molecule has 2 heterocycles. The molecule has 10 aromatic rings. The molecule has 0 atom stereocenters. The van der Waals surface area contributed by atoms with Gasteiger partial charge in [0.1, 0.15) is 0 Å². The molecular formula is C48H35BrN2. The summed E-state index contributed by atoms with van der Waals surface area (Å²) in [4.78, 5) is 3.38. The maximum atomic E-state index is 3.42. The fraction of sp³-hybridized carbons (Fsp3) is 0. The molecule has 8 aromatic carbocycles. The van der Waals surface area contributed by atoms with Gasteiger partial charge in [0.15, 0.2) is 0 Å². The SMILES string of the molecule is Brc1ccc(-c2ccccc2)cc1.c1ccc(-c2ccc(-n3c4ccccc4c4ccccc43)cc2)cc1.c1ccc2c(c1)[nH]c1ccccc12. The van der Waals surface area contributed by atoms with Gasteiger partial charge in [-0.1, -0.05) is 174 Å². The fourth-order valence-electron chi connectivity index (χ4n) is 6.71. The van der Waals surface area contributed by atoms with Crippen LogP contribution in [-0.4, -0.2) is 9.55 Å². The molecule has 0 unspecified atom stereocenters. The molecule has 244 valence electrons. The average Bonchev–Trinajstić information content (AvgIpc) is 3.76. The summed E-state index contributed by atoms with van der Waals surface area (Å²) in [5, 5.41) is 5.20. The average molecular weight is 720 g/mol. The van der Waals surface area contributed by atoms with Crippen LogP contribution in [-0.2, 0) is 0 Å². The largest absolute Gasteiger partial charge is 0.355 e. The quantitative estimate of drug-likeness (QED) is 0.188. The van der Waals surface area contributed by atoms with E-state index in [1.54, 1.807) is 0 Å². The lowest BCUT2D eigenvalue weighted by Crippen LogP contribution is -1.93. The molecule has 0 aliphatic carbocycles. The van der Waals surface area contributed by atoms with Crippen molar-refractivity contribution in [2.24, 2.45) is 0 Å². The van der Waals surface area contributed by atoms with Crippen molar-refractivity contribution in [2.45, 2.75) is 0 Å². The molecule has 1 N–H and O–H groups in total. The zero-order chi connectivity index (χ0) is 34.4. The van der Waals surface area contributed by atoms with Crippen molar-refractivity contribution in [1.29, 1.82) is 0 Å². The molecule has 2 nitrogen and oxygen atoms in total. The van der Waals surface area contributed by atoms with Crippen molar-refractivity contribution in [2.75, 3.05) is 0 Å². The minimum atomic E-state index is 1.12. The second kappa shape index (κ2) is 14.8. The number of aromatic nitrogens is 2. The number of benzene rings is 8. The Bertz CT molecular complexity index is 2570. The topological polar surface area (TPSA) is 20.7 Å². The van der Waals surface area contributed by atoms with Crippen LogP contribution in [0, 0.1) is 0 Å². The Balaban J connectivity index is 0.000000121. The number of nitrogens with zero attached hydrogens (tertiary/aromatic N) is 1. The first kappa shape index (κ1) is 32.1. The Morgan fingerprint density at radius 1 is 0.314 bits per heavy atom. The van der Waals surface area contributed by atoms with Crippen molar-refractivity contribution in [3.8, 4) is 27.9 Å². The highest BCUT2D eigenvalue weighted by atomic mass is 79.9. The summed E-state index contributed by atoms with van der Waals surface area (Å²) in [6, 6.07) is 72.0. The molecule has 51 heavy (non-hydrogen) atoms. The number of para-hydroxylation sites is 4. The maximum Gasteiger partial charge on any atom is 0.0541 e. The highest BCUT2D eigenvalue weighted by Gasteiger charge is 2.11. The third kappa shape index (κ3) is 6.85. The summed E-state index contributed by atoms with van der Waals surface area (Å²) in [5.74, 6) is 0. The van der Waals surface area contributed by atoms with E-state index in [2.05, 4.69) is 226 Å². The van der Waals surface area contributed by atoms with Crippen LogP contribution >= 0.6 is 15.9 Å². The van der Waals surface area contributed by atoms with Gasteiger partial charge in [0.05, 0.1) is 11.0 Å². The van der Waals surface area contributed by atoms with Crippen molar-refractivity contribution in [3.63, 3.8) is 0 Å². The first-order valence-corrected chi connectivity index (χ1v) is 17.9. The van der Waals surface area contributed by atoms with Crippen LogP contribution in [0.2, 0.25) is 0 Å². The van der Waals surface area contributed by atoms with Crippen LogP contribution in [0.4, 0.5) is 0 Å². The van der Waals surface area contributed by atoms with Gasteiger partial charge >= 0.3 is 0 Å². The number of halogens is 1. The monoisotopic (exact) mass is 718 g/mol. The Kier molecular flexibility index (Phi) is 9.28. The van der Waals surface area contributed by atoms with E-state index in [4.69, 9.17) is 0 Å². The van der Waals surface area contributed by atoms with E-state index in [-0.39, 0.29) is 0 Å². The van der Waals surface area contributed by atoms with E-state index in [9.17, 15) is 0 Å². The Labute approximate surface area is 306 Å². The Hall–Kier alpha value is -6.16. The van der Waals surface area contributed by atoms with Gasteiger partial charge in [0.25, 0.3) is 0 Å². The second-order valence-corrected chi connectivity index (χ2v) is 13.3. The minimum absolute atomic E-state index is 1.12. The highest BCUT2D eigenvalue weighted by Crippen LogP contribution is 2.32. The Morgan fingerprint density at radius 3 is 1.14 bits per heavy atom. The maximum absolute atomic E-state index is 3.42. The van der Waals surface area contributed by atoms with Gasteiger partial charge < -0.3 is 9.55 Å². The van der Waals surface area contributed by atoms with Gasteiger partial charge in [0, 0.05) is 42.7 Å². The summed E-state index contributed by atoms with van der Waals surface area (Å²) < 4.78 is 3.46. The molecule has 10 rings (SSSR count). The van der Waals surface area contributed by atoms with Crippen LogP contribution in [0.1, 0.15) is 0 Å². The predicted molar refractivity (Wildman–Crippen MR) is 222 cm³/mol. The molecule has 0 aliphatic rings. The second-order valence-electron chi connectivity index (χ2n) is 12.4. The van der Waals surface area contributed by atoms with Crippen molar-refractivity contribution >= 4 is 59.5 Å². The van der Waals surface area contributed by atoms with Crippen molar-refractivity contribution in [3.05, 3.63) is 211 Å². The molecule has 0 aliphatic heterocycles. The molecule has 0 radical (unpaired) electrons. The molecule has 3 heteroatoms. The number of hydrogen-bond donors (Lipinski definition) is 1. The first-order valence-electron chi connectivity index (χ1n) is 17.1. The number of hydrogen-bond acceptors (Lipinski definition) is 0. The lowest BCUT2D eigenvalue weighted by Gasteiger charge is -2.09. The normalized spacial score (nSPS) is 10.8. The molecule has 2 aromatic heterocycles. The van der Waals surface area contributed by atoms with Gasteiger partial charge in [-0.05, 0) is 70.8 Å². The van der Waals surface area contributed by atoms with Gasteiger partial charge in [-0.3, -0.25) is 0 Å². The summed E-state index contributed by atoms with van der Waals surface area (Å²) in [6.07, 6.45) is 0. The predicted octanol–water partition coefficient (Wildman–Crippen LogP) is 13.9. The first-order chi connectivity index (χ1) is 25.2. The third-order valence-electron chi connectivity index (χ3n) is 9.18. The molecule has 0 spiro atoms. The van der Waals surface area contributed by atoms with Gasteiger partial charge in [0.2, 0.25) is 0 Å². The summed E-state index contributed by atoms with van der Waals surface area (Å²) in [7, 11) is 0. The molecular weight excluding hydrogens is 684 g/mol. The summed E-state index contributed by atoms with van der Waals surface area (Å²) in [5.41, 5.74) is 11.1. The zero-order valence-electron chi connectivity index (χ0n) is 28.0. The summed E-state index contributed by atoms with van der Waals surface area (Å²) in [6.45, 7) is 0. The van der Waals surface area contributed by atoms with Gasteiger partial charge in [-0.25, -0.2) is 0 Å². The lowest BCUT2D eigenvalue weighted by atomic mass is 10.1. The van der Waals surface area contributed by atoms with Crippen LogP contribution in [0.25, 0.3) is 71.6 Å². The minimum Gasteiger partial charge on any atom is -0.355 e. The summed E-state index contributed by atoms with van der Waals surface area (Å²) >= 11 is 3.42. The van der Waals surface area contributed by atoms with E-state index in [1.807, 2.05) is 6.07 Å². The fourth-order valence-corrected chi connectivity index (χ4v) is 6.97. The number of nitrogens with one attached hydrogen (secondary N) is 1. The highest BCUT2D eigenvalue weighted by molar-refractivity contribution is 9.10. The van der Waals surface area contributed by atoms with E-state index in [0.717, 1.165) is 4.47 Å². The van der Waals surface area contributed by atoms with Crippen molar-refractivity contribution < 1.29 is 0 Å². The zero-order valence-corrected chi connectivity index (χ0v) is 29.5. The molecule has 0 amide bonds. The van der Waals surface area contributed by atoms with E-state index in [0.29, 0.717) is 0 Å². The number of fused-ring (bicyclic) bond motifs is 6. The number of aromatic amines is 1. The van der Waals surface area contributed by atoms with E-state index < -0.39 is 0 Å². The Morgan fingerprint density at radius 2 is 0.667 bits per heavy atom. The molecule has 0 bridgehead atoms. The molecule has 0 fully saturated rings. The number of rotatable bonds is 3. The van der Waals surface area contributed by atoms with Crippen LogP contribution in [0.3, 0.4) is 0 Å². The van der Waals surface area contributed by atoms with E-state index >= 15 is 0 Å². The van der Waals surface area contributed by atoms with Crippen molar-refractivity contribution in [1.82, 2.24) is 9.55 Å². The smallest absolute Gasteiger partial charge is 0.0541 e. The van der Waals surface area contributed by atoms with E-state index in [1.165, 1.54) is 71.6 Å². The van der Waals surface area contributed by atoms with Gasteiger partial charge in [-0.15, -0.1) is 0 Å². The number of H-pyrrole nitrogens is 1. The van der Waals surface area contributed by atoms with Crippen LogP contribution in [0.15, 0.2) is 211 Å². The standard InChI is InChI=1S/C24H17N.C12H9Br.C12H9N/c1-2-8-18(9-3-1)19-14-16-20(17-15-19)25-23-12-6-4-10-21(23)22-11-5-7-13-24(22)25;13-12-8-6-11(7-9-12)10-4-2-1-3-5-10;1-3-7-11-9(5-1)10-6-2-4-8-12(10)13-11/h1-17H;1-9H;1-8,13H. The lowest BCUT2D eigenvalue weighted by molar-refractivity contribution is 1.18. The van der Waals surface area contributed by atoms with Crippen LogP contribution < -0.4 is 0 Å².